The third-order valence-corrected chi connectivity index (χ3v) is 3.08. The quantitative estimate of drug-likeness (QED) is 0.517. The van der Waals surface area contributed by atoms with Crippen LogP contribution in [0.1, 0.15) is 6.92 Å². The predicted octanol–water partition coefficient (Wildman–Crippen LogP) is -0.861. The summed E-state index contributed by atoms with van der Waals surface area (Å²) in [4.78, 5) is 13.1. The van der Waals surface area contributed by atoms with Crippen LogP contribution in [0.5, 0.6) is 0 Å². The molecule has 0 radical (unpaired) electrons. The summed E-state index contributed by atoms with van der Waals surface area (Å²) in [7, 11) is 0. The van der Waals surface area contributed by atoms with Crippen molar-refractivity contribution in [1.29, 1.82) is 0 Å². The van der Waals surface area contributed by atoms with E-state index < -0.39 is 29.5 Å². The lowest BCUT2D eigenvalue weighted by Gasteiger charge is -2.26. The van der Waals surface area contributed by atoms with Crippen LogP contribution in [0, 0.1) is 0 Å². The number of hydrogen-bond acceptors (Lipinski definition) is 5. The first-order valence-corrected chi connectivity index (χ1v) is 5.71. The van der Waals surface area contributed by atoms with Crippen molar-refractivity contribution >= 4 is 17.4 Å². The highest BCUT2D eigenvalue weighted by Crippen LogP contribution is 2.29. The summed E-state index contributed by atoms with van der Waals surface area (Å²) in [6.07, 6.45) is 1.74. The lowest BCUT2D eigenvalue weighted by atomic mass is 10.0. The van der Waals surface area contributed by atoms with Gasteiger partial charge in [0.15, 0.2) is 0 Å². The molecule has 2 bridgehead atoms. The molecule has 2 heterocycles. The monoisotopic (exact) mass is 247 g/mol. The third-order valence-electron chi connectivity index (χ3n) is 2.80. The summed E-state index contributed by atoms with van der Waals surface area (Å²) in [5.41, 5.74) is 0.812. The van der Waals surface area contributed by atoms with E-state index in [4.69, 9.17) is 5.11 Å². The molecule has 2 aliphatic rings. The number of aliphatic hydroxyl groups is 1. The van der Waals surface area contributed by atoms with Gasteiger partial charge in [-0.3, -0.25) is 0 Å². The Morgan fingerprint density at radius 1 is 1.75 bits per heavy atom. The molecule has 1 unspecified atom stereocenters. The summed E-state index contributed by atoms with van der Waals surface area (Å²) in [6.45, 7) is 1.92. The lowest BCUT2D eigenvalue weighted by molar-refractivity contribution is -0.0131. The molecule has 7 nitrogen and oxygen atoms in total. The smallest absolute Gasteiger partial charge is 0.346 e. The highest BCUT2D eigenvalue weighted by molar-refractivity contribution is 7.74. The number of amides is 2. The molecule has 8 heteroatoms. The topological polar surface area (TPSA) is 93.1 Å². The number of carbonyl (C=O) groups is 1. The van der Waals surface area contributed by atoms with Crippen LogP contribution >= 0.6 is 0 Å². The first-order valence-electron chi connectivity index (χ1n) is 4.71. The molecule has 2 aliphatic heterocycles. The molecule has 0 aromatic heterocycles. The summed E-state index contributed by atoms with van der Waals surface area (Å²) < 4.78 is 25.3. The second kappa shape index (κ2) is 4.13. The molecule has 2 rings (SSSR count). The SMILES string of the molecule is CC1=C[C@@H](CO)N2C[C@@H]1N(OS(=O)[O-])C2=O. The van der Waals surface area contributed by atoms with Gasteiger partial charge in [0.1, 0.15) is 17.4 Å². The molecule has 0 aromatic rings. The van der Waals surface area contributed by atoms with Gasteiger partial charge in [-0.2, -0.15) is 9.35 Å². The number of aliphatic hydroxyl groups excluding tert-OH is 1. The van der Waals surface area contributed by atoms with Gasteiger partial charge in [-0.25, -0.2) is 9.00 Å². The summed E-state index contributed by atoms with van der Waals surface area (Å²) in [6, 6.07) is -1.34. The zero-order valence-electron chi connectivity index (χ0n) is 8.53. The van der Waals surface area contributed by atoms with Crippen LogP contribution in [-0.4, -0.2) is 55.1 Å². The van der Waals surface area contributed by atoms with E-state index in [1.807, 2.05) is 0 Å². The zero-order chi connectivity index (χ0) is 11.9. The fraction of sp³-hybridized carbons (Fsp3) is 0.625. The average Bonchev–Trinajstić information content (AvgIpc) is 2.49. The van der Waals surface area contributed by atoms with Gasteiger partial charge in [-0.1, -0.05) is 6.08 Å². The highest BCUT2D eigenvalue weighted by atomic mass is 32.2. The van der Waals surface area contributed by atoms with E-state index >= 15 is 0 Å². The number of fused-ring (bicyclic) bond motifs is 2. The van der Waals surface area contributed by atoms with Crippen LogP contribution in [0.3, 0.4) is 0 Å². The Morgan fingerprint density at radius 2 is 2.44 bits per heavy atom. The van der Waals surface area contributed by atoms with Crippen molar-refractivity contribution in [3.63, 3.8) is 0 Å². The van der Waals surface area contributed by atoms with Gasteiger partial charge in [0, 0.05) is 0 Å². The van der Waals surface area contributed by atoms with Gasteiger partial charge in [-0.05, 0) is 12.5 Å². The summed E-state index contributed by atoms with van der Waals surface area (Å²) in [5.74, 6) is 0. The van der Waals surface area contributed by atoms with Gasteiger partial charge >= 0.3 is 6.03 Å². The van der Waals surface area contributed by atoms with Crippen LogP contribution in [-0.2, 0) is 15.6 Å². The van der Waals surface area contributed by atoms with E-state index in [0.717, 1.165) is 10.6 Å². The van der Waals surface area contributed by atoms with Crippen LogP contribution in [0.25, 0.3) is 0 Å². The molecule has 0 spiro atoms. The maximum atomic E-state index is 11.7. The number of nitrogens with zero attached hydrogens (tertiary/aromatic N) is 2. The fourth-order valence-corrected chi connectivity index (χ4v) is 2.31. The molecule has 2 amide bonds. The molecule has 16 heavy (non-hydrogen) atoms. The van der Waals surface area contributed by atoms with E-state index in [9.17, 15) is 13.6 Å². The van der Waals surface area contributed by atoms with Gasteiger partial charge in [0.2, 0.25) is 0 Å². The lowest BCUT2D eigenvalue weighted by Crippen LogP contribution is -2.40. The summed E-state index contributed by atoms with van der Waals surface area (Å²) >= 11 is -2.77. The Hall–Kier alpha value is -0.960. The van der Waals surface area contributed by atoms with E-state index in [2.05, 4.69) is 4.28 Å². The molecule has 1 N–H and O–H groups in total. The van der Waals surface area contributed by atoms with Crippen molar-refractivity contribution in [2.75, 3.05) is 13.2 Å². The van der Waals surface area contributed by atoms with Gasteiger partial charge in [-0.15, -0.1) is 0 Å². The number of hydrogen-bond donors (Lipinski definition) is 1. The van der Waals surface area contributed by atoms with Crippen LogP contribution in [0.2, 0.25) is 0 Å². The van der Waals surface area contributed by atoms with Crippen molar-refractivity contribution in [2.45, 2.75) is 19.0 Å². The molecular weight excluding hydrogens is 236 g/mol. The minimum Gasteiger partial charge on any atom is -0.748 e. The molecule has 0 saturated carbocycles. The van der Waals surface area contributed by atoms with Crippen LogP contribution in [0.15, 0.2) is 11.6 Å². The van der Waals surface area contributed by atoms with Gasteiger partial charge in [0.05, 0.1) is 19.2 Å². The Bertz CT molecular complexity index is 371. The number of rotatable bonds is 3. The van der Waals surface area contributed by atoms with Crippen molar-refractivity contribution in [3.05, 3.63) is 11.6 Å². The number of urea groups is 1. The highest BCUT2D eigenvalue weighted by Gasteiger charge is 2.45. The molecular formula is C8H11N2O5S-. The Balaban J connectivity index is 2.25. The Morgan fingerprint density at radius 3 is 3.00 bits per heavy atom. The number of carbonyl (C=O) groups excluding carboxylic acids is 1. The first kappa shape index (κ1) is 11.5. The second-order valence-corrected chi connectivity index (χ2v) is 4.27. The zero-order valence-corrected chi connectivity index (χ0v) is 9.35. The second-order valence-electron chi connectivity index (χ2n) is 3.72. The minimum absolute atomic E-state index is 0.190. The maximum Gasteiger partial charge on any atom is 0.346 e. The van der Waals surface area contributed by atoms with Gasteiger partial charge in [0.25, 0.3) is 0 Å². The van der Waals surface area contributed by atoms with Gasteiger partial charge < -0.3 is 14.6 Å². The summed E-state index contributed by atoms with van der Waals surface area (Å²) in [5, 5.41) is 9.92. The van der Waals surface area contributed by atoms with E-state index in [-0.39, 0.29) is 6.61 Å². The normalized spacial score (nSPS) is 30.7. The minimum atomic E-state index is -2.77. The fourth-order valence-electron chi connectivity index (χ4n) is 2.01. The average molecular weight is 247 g/mol. The van der Waals surface area contributed by atoms with E-state index in [1.165, 1.54) is 4.90 Å². The van der Waals surface area contributed by atoms with E-state index in [0.29, 0.717) is 6.54 Å². The molecule has 1 fully saturated rings. The molecule has 0 aliphatic carbocycles. The van der Waals surface area contributed by atoms with Crippen LogP contribution in [0.4, 0.5) is 4.79 Å². The molecule has 3 atom stereocenters. The van der Waals surface area contributed by atoms with Crippen molar-refractivity contribution in [2.24, 2.45) is 0 Å². The Labute approximate surface area is 94.7 Å². The molecule has 1 saturated heterocycles. The third kappa shape index (κ3) is 1.73. The van der Waals surface area contributed by atoms with Crippen molar-refractivity contribution < 1.29 is 22.9 Å². The predicted molar refractivity (Wildman–Crippen MR) is 52.4 cm³/mol. The molecule has 90 valence electrons. The standard InChI is InChI=1S/C8H12N2O5S/c1-5-2-6(4-11)9-3-7(5)10(8(9)12)15-16(13)14/h2,6-7,11H,3-4H2,1H3,(H,13,14)/p-1/t6-,7-/m0/s1. The first-order chi connectivity index (χ1) is 7.54. The number of hydroxylamine groups is 2. The largest absolute Gasteiger partial charge is 0.748 e. The maximum absolute atomic E-state index is 11.7. The molecule has 0 aromatic carbocycles. The van der Waals surface area contributed by atoms with Crippen molar-refractivity contribution in [3.8, 4) is 0 Å². The Kier molecular flexibility index (Phi) is 2.98. The van der Waals surface area contributed by atoms with Crippen molar-refractivity contribution in [1.82, 2.24) is 9.96 Å². The van der Waals surface area contributed by atoms with Crippen LogP contribution < -0.4 is 0 Å². The van der Waals surface area contributed by atoms with E-state index in [1.54, 1.807) is 13.0 Å².